The van der Waals surface area contributed by atoms with Gasteiger partial charge in [0.05, 0.1) is 11.3 Å². The number of aromatic amines is 1. The number of H-pyrrole nitrogens is 1. The van der Waals surface area contributed by atoms with E-state index in [0.29, 0.717) is 22.8 Å². The van der Waals surface area contributed by atoms with E-state index >= 15 is 0 Å². The minimum Gasteiger partial charge on any atom is -0.322 e. The van der Waals surface area contributed by atoms with Crippen molar-refractivity contribution in [1.29, 1.82) is 0 Å². The molecular formula is C18H17N5O2. The highest BCUT2D eigenvalue weighted by Gasteiger charge is 2.10. The number of anilines is 1. The lowest BCUT2D eigenvalue weighted by molar-refractivity contribution is 0.102. The summed E-state index contributed by atoms with van der Waals surface area (Å²) in [6, 6.07) is 8.62. The number of hydrogen-bond acceptors (Lipinski definition) is 5. The van der Waals surface area contributed by atoms with E-state index in [1.165, 1.54) is 18.5 Å². The van der Waals surface area contributed by atoms with Gasteiger partial charge < -0.3 is 5.32 Å². The predicted octanol–water partition coefficient (Wildman–Crippen LogP) is 2.35. The second kappa shape index (κ2) is 7.04. The van der Waals surface area contributed by atoms with Crippen LogP contribution in [0.4, 0.5) is 5.69 Å². The van der Waals surface area contributed by atoms with Crippen LogP contribution in [-0.2, 0) is 6.42 Å². The molecule has 126 valence electrons. The molecule has 0 aliphatic heterocycles. The monoisotopic (exact) mass is 335 g/mol. The number of carbonyl (C=O) groups excluding carboxylic acids is 1. The van der Waals surface area contributed by atoms with Gasteiger partial charge in [-0.2, -0.15) is 5.10 Å². The molecule has 7 nitrogen and oxygen atoms in total. The molecule has 0 fully saturated rings. The summed E-state index contributed by atoms with van der Waals surface area (Å²) in [5.41, 5.74) is 3.10. The summed E-state index contributed by atoms with van der Waals surface area (Å²) in [6.07, 6.45) is 3.75. The number of rotatable bonds is 4. The van der Waals surface area contributed by atoms with Crippen molar-refractivity contribution in [2.45, 2.75) is 20.3 Å². The molecule has 25 heavy (non-hydrogen) atoms. The number of carbonyl (C=O) groups is 1. The van der Waals surface area contributed by atoms with Crippen molar-refractivity contribution in [3.8, 4) is 11.3 Å². The molecule has 1 aromatic carbocycles. The van der Waals surface area contributed by atoms with E-state index in [-0.39, 0.29) is 11.5 Å². The number of aryl methyl sites for hydroxylation is 2. The van der Waals surface area contributed by atoms with Gasteiger partial charge in [-0.1, -0.05) is 19.1 Å². The van der Waals surface area contributed by atoms with E-state index in [0.717, 1.165) is 17.5 Å². The fourth-order valence-corrected chi connectivity index (χ4v) is 2.27. The van der Waals surface area contributed by atoms with Crippen LogP contribution in [0.2, 0.25) is 0 Å². The van der Waals surface area contributed by atoms with E-state index in [4.69, 9.17) is 0 Å². The van der Waals surface area contributed by atoms with Crippen molar-refractivity contribution < 1.29 is 4.79 Å². The molecule has 0 bridgehead atoms. The lowest BCUT2D eigenvalue weighted by Gasteiger charge is -2.10. The first-order chi connectivity index (χ1) is 12.1. The molecule has 0 spiro atoms. The van der Waals surface area contributed by atoms with Crippen LogP contribution in [0.15, 0.2) is 47.5 Å². The lowest BCUT2D eigenvalue weighted by Crippen LogP contribution is -2.14. The molecule has 2 N–H and O–H groups in total. The van der Waals surface area contributed by atoms with E-state index < -0.39 is 0 Å². The third kappa shape index (κ3) is 3.77. The number of nitrogens with zero attached hydrogens (tertiary/aromatic N) is 3. The molecule has 0 unspecified atom stereocenters. The summed E-state index contributed by atoms with van der Waals surface area (Å²) in [5, 5.41) is 9.27. The van der Waals surface area contributed by atoms with Gasteiger partial charge in [-0.05, 0) is 24.6 Å². The Kier molecular flexibility index (Phi) is 4.65. The standard InChI is InChI=1S/C18H17N5O2/c1-3-16-19-9-13(10-20-16)18(25)21-15-8-12(5-4-11(15)2)14-6-7-17(24)23-22-14/h4-10H,3H2,1-2H3,(H,21,25)(H,23,24). The quantitative estimate of drug-likeness (QED) is 0.762. The average Bonchev–Trinajstić information content (AvgIpc) is 2.64. The average molecular weight is 335 g/mol. The molecule has 0 saturated carbocycles. The highest BCUT2D eigenvalue weighted by Crippen LogP contribution is 2.23. The van der Waals surface area contributed by atoms with Crippen molar-refractivity contribution in [2.75, 3.05) is 5.32 Å². The minimum absolute atomic E-state index is 0.264. The van der Waals surface area contributed by atoms with Gasteiger partial charge in [0.1, 0.15) is 5.82 Å². The number of aromatic nitrogens is 4. The van der Waals surface area contributed by atoms with Crippen LogP contribution in [-0.4, -0.2) is 26.1 Å². The molecule has 2 heterocycles. The lowest BCUT2D eigenvalue weighted by atomic mass is 10.1. The fourth-order valence-electron chi connectivity index (χ4n) is 2.27. The maximum Gasteiger partial charge on any atom is 0.264 e. The fraction of sp³-hybridized carbons (Fsp3) is 0.167. The molecule has 0 aliphatic carbocycles. The molecule has 2 aromatic heterocycles. The summed E-state index contributed by atoms with van der Waals surface area (Å²) in [4.78, 5) is 31.8. The zero-order chi connectivity index (χ0) is 17.8. The van der Waals surface area contributed by atoms with Crippen molar-refractivity contribution in [1.82, 2.24) is 20.2 Å². The summed E-state index contributed by atoms with van der Waals surface area (Å²) in [7, 11) is 0. The van der Waals surface area contributed by atoms with Crippen molar-refractivity contribution in [3.63, 3.8) is 0 Å². The zero-order valence-corrected chi connectivity index (χ0v) is 13.9. The van der Waals surface area contributed by atoms with E-state index in [9.17, 15) is 9.59 Å². The Hall–Kier alpha value is -3.35. The second-order valence-electron chi connectivity index (χ2n) is 5.53. The molecule has 3 aromatic rings. The molecule has 0 aliphatic rings. The van der Waals surface area contributed by atoms with Gasteiger partial charge in [0.2, 0.25) is 0 Å². The van der Waals surface area contributed by atoms with Crippen LogP contribution in [0.5, 0.6) is 0 Å². The van der Waals surface area contributed by atoms with E-state index in [1.54, 1.807) is 6.07 Å². The maximum absolute atomic E-state index is 12.4. The summed E-state index contributed by atoms with van der Waals surface area (Å²) in [6.45, 7) is 3.85. The first-order valence-corrected chi connectivity index (χ1v) is 7.86. The Morgan fingerprint density at radius 2 is 1.92 bits per heavy atom. The van der Waals surface area contributed by atoms with Gasteiger partial charge >= 0.3 is 0 Å². The van der Waals surface area contributed by atoms with Crippen LogP contribution >= 0.6 is 0 Å². The maximum atomic E-state index is 12.4. The zero-order valence-electron chi connectivity index (χ0n) is 13.9. The van der Waals surface area contributed by atoms with E-state index in [1.807, 2.05) is 32.0 Å². The van der Waals surface area contributed by atoms with Gasteiger partial charge in [0.15, 0.2) is 0 Å². The summed E-state index contributed by atoms with van der Waals surface area (Å²) < 4.78 is 0. The minimum atomic E-state index is -0.280. The smallest absolute Gasteiger partial charge is 0.264 e. The molecule has 3 rings (SSSR count). The molecule has 0 radical (unpaired) electrons. The van der Waals surface area contributed by atoms with Crippen LogP contribution in [0.25, 0.3) is 11.3 Å². The Morgan fingerprint density at radius 1 is 1.16 bits per heavy atom. The van der Waals surface area contributed by atoms with Gasteiger partial charge in [0, 0.05) is 36.1 Å². The summed E-state index contributed by atoms with van der Waals surface area (Å²) in [5.74, 6) is 0.413. The highest BCUT2D eigenvalue weighted by atomic mass is 16.1. The van der Waals surface area contributed by atoms with Crippen molar-refractivity contribution in [2.24, 2.45) is 0 Å². The largest absolute Gasteiger partial charge is 0.322 e. The van der Waals surface area contributed by atoms with Crippen molar-refractivity contribution in [3.05, 3.63) is 70.0 Å². The molecular weight excluding hydrogens is 318 g/mol. The van der Waals surface area contributed by atoms with Gasteiger partial charge in [-0.3, -0.25) is 9.59 Å². The van der Waals surface area contributed by atoms with Crippen LogP contribution in [0.1, 0.15) is 28.7 Å². The van der Waals surface area contributed by atoms with Crippen LogP contribution in [0.3, 0.4) is 0 Å². The number of amides is 1. The SMILES string of the molecule is CCc1ncc(C(=O)Nc2cc(-c3ccc(=O)[nH]n3)ccc2C)cn1. The highest BCUT2D eigenvalue weighted by molar-refractivity contribution is 6.04. The first-order valence-electron chi connectivity index (χ1n) is 7.86. The number of nitrogens with one attached hydrogen (secondary N) is 2. The van der Waals surface area contributed by atoms with Gasteiger partial charge in [-0.15, -0.1) is 0 Å². The molecule has 1 amide bonds. The van der Waals surface area contributed by atoms with Crippen LogP contribution in [0, 0.1) is 6.92 Å². The summed E-state index contributed by atoms with van der Waals surface area (Å²) >= 11 is 0. The Balaban J connectivity index is 1.86. The molecule has 0 saturated heterocycles. The first kappa shape index (κ1) is 16.5. The number of hydrogen-bond donors (Lipinski definition) is 2. The normalized spacial score (nSPS) is 10.5. The third-order valence-corrected chi connectivity index (χ3v) is 3.74. The van der Waals surface area contributed by atoms with Gasteiger partial charge in [-0.25, -0.2) is 15.1 Å². The van der Waals surface area contributed by atoms with E-state index in [2.05, 4.69) is 25.5 Å². The van der Waals surface area contributed by atoms with Crippen molar-refractivity contribution >= 4 is 11.6 Å². The molecule has 7 heteroatoms. The Labute approximate surface area is 144 Å². The Morgan fingerprint density at radius 3 is 2.56 bits per heavy atom. The Bertz CT molecular complexity index is 943. The third-order valence-electron chi connectivity index (χ3n) is 3.74. The predicted molar refractivity (Wildman–Crippen MR) is 94.4 cm³/mol. The number of benzene rings is 1. The molecule has 0 atom stereocenters. The van der Waals surface area contributed by atoms with Crippen LogP contribution < -0.4 is 10.9 Å². The second-order valence-corrected chi connectivity index (χ2v) is 5.53. The van der Waals surface area contributed by atoms with Gasteiger partial charge in [0.25, 0.3) is 11.5 Å². The topological polar surface area (TPSA) is 101 Å².